The summed E-state index contributed by atoms with van der Waals surface area (Å²) in [5.74, 6) is 1.06. The molecule has 19 heavy (non-hydrogen) atoms. The molecule has 0 radical (unpaired) electrons. The molecule has 1 heterocycles. The molecule has 2 N–H and O–H groups in total. The number of nitrogens with zero attached hydrogens (tertiary/aromatic N) is 1. The number of rotatable bonds is 3. The number of benzene rings is 1. The van der Waals surface area contributed by atoms with Gasteiger partial charge in [0.1, 0.15) is 10.7 Å². The molecule has 2 aromatic rings. The summed E-state index contributed by atoms with van der Waals surface area (Å²) in [7, 11) is 0. The van der Waals surface area contributed by atoms with Gasteiger partial charge in [-0.1, -0.05) is 28.1 Å². The monoisotopic (exact) mass is 400 g/mol. The zero-order chi connectivity index (χ0) is 14.0. The lowest BCUT2D eigenvalue weighted by atomic mass is 10.2. The molecule has 0 aliphatic heterocycles. The van der Waals surface area contributed by atoms with E-state index in [1.165, 1.54) is 0 Å². The van der Waals surface area contributed by atoms with E-state index >= 15 is 0 Å². The first-order valence-corrected chi connectivity index (χ1v) is 7.37. The molecule has 0 aliphatic rings. The van der Waals surface area contributed by atoms with Crippen LogP contribution in [0.5, 0.6) is 11.6 Å². The minimum atomic E-state index is 0.260. The predicted octanol–water partition coefficient (Wildman–Crippen LogP) is 4.34. The molecule has 98 valence electrons. The third kappa shape index (κ3) is 3.52. The Hall–Kier alpha value is -0.980. The average molecular weight is 402 g/mol. The van der Waals surface area contributed by atoms with Gasteiger partial charge in [-0.15, -0.1) is 0 Å². The smallest absolute Gasteiger partial charge is 0.229 e. The van der Waals surface area contributed by atoms with E-state index in [2.05, 4.69) is 36.8 Å². The number of halogens is 2. The van der Waals surface area contributed by atoms with Gasteiger partial charge in [-0.2, -0.15) is 0 Å². The highest BCUT2D eigenvalue weighted by Crippen LogP contribution is 2.32. The van der Waals surface area contributed by atoms with E-state index in [1.807, 2.05) is 37.3 Å². The van der Waals surface area contributed by atoms with Crippen LogP contribution in [0.4, 0.5) is 0 Å². The third-order valence-corrected chi connectivity index (χ3v) is 3.70. The molecular weight excluding hydrogens is 392 g/mol. The lowest BCUT2D eigenvalue weighted by molar-refractivity contribution is 0.458. The van der Waals surface area contributed by atoms with Crippen LogP contribution >= 0.6 is 44.1 Å². The normalized spacial score (nSPS) is 10.3. The first-order chi connectivity index (χ1) is 8.97. The lowest BCUT2D eigenvalue weighted by Gasteiger charge is -2.11. The minimum Gasteiger partial charge on any atom is -0.437 e. The van der Waals surface area contributed by atoms with Gasteiger partial charge >= 0.3 is 0 Å². The van der Waals surface area contributed by atoms with Crippen molar-refractivity contribution in [3.63, 3.8) is 0 Å². The fourth-order valence-electron chi connectivity index (χ4n) is 1.46. The largest absolute Gasteiger partial charge is 0.437 e. The molecule has 6 heteroatoms. The second-order valence-corrected chi connectivity index (χ2v) is 6.06. The Bertz CT molecular complexity index is 647. The van der Waals surface area contributed by atoms with Crippen LogP contribution in [0.15, 0.2) is 39.3 Å². The standard InChI is InChI=1S/C13H10Br2N2OS/c1-7-2-4-9(12(16)19)13(17-7)18-11-5-3-8(14)6-10(11)15/h2-6H,1H3,(H2,16,19). The number of hydrogen-bond donors (Lipinski definition) is 1. The highest BCUT2D eigenvalue weighted by atomic mass is 79.9. The molecule has 0 aliphatic carbocycles. The van der Waals surface area contributed by atoms with Crippen LogP contribution in [0.2, 0.25) is 0 Å². The topological polar surface area (TPSA) is 48.1 Å². The zero-order valence-electron chi connectivity index (χ0n) is 9.98. The van der Waals surface area contributed by atoms with Crippen LogP contribution in [0.1, 0.15) is 11.3 Å². The van der Waals surface area contributed by atoms with Gasteiger partial charge in [0.2, 0.25) is 5.88 Å². The first-order valence-electron chi connectivity index (χ1n) is 5.37. The maximum absolute atomic E-state index is 5.79. The first kappa shape index (κ1) is 14.4. The number of nitrogens with two attached hydrogens (primary N) is 1. The third-order valence-electron chi connectivity index (χ3n) is 2.37. The number of thiocarbonyl (C=S) groups is 1. The second kappa shape index (κ2) is 5.98. The SMILES string of the molecule is Cc1ccc(C(N)=S)c(Oc2ccc(Br)cc2Br)n1. The highest BCUT2D eigenvalue weighted by Gasteiger charge is 2.11. The average Bonchev–Trinajstić information content (AvgIpc) is 2.32. The number of hydrogen-bond acceptors (Lipinski definition) is 3. The molecule has 0 saturated heterocycles. The van der Waals surface area contributed by atoms with Gasteiger partial charge < -0.3 is 10.5 Å². The van der Waals surface area contributed by atoms with Crippen molar-refractivity contribution in [1.29, 1.82) is 0 Å². The van der Waals surface area contributed by atoms with Gasteiger partial charge in [-0.05, 0) is 53.2 Å². The number of ether oxygens (including phenoxy) is 1. The maximum atomic E-state index is 5.79. The van der Waals surface area contributed by atoms with E-state index in [9.17, 15) is 0 Å². The molecule has 0 spiro atoms. The summed E-state index contributed by atoms with van der Waals surface area (Å²) in [5.41, 5.74) is 7.13. The Morgan fingerprint density at radius 1 is 1.26 bits per heavy atom. The molecule has 0 fully saturated rings. The summed E-state index contributed by atoms with van der Waals surface area (Å²) >= 11 is 11.8. The summed E-state index contributed by atoms with van der Waals surface area (Å²) < 4.78 is 7.57. The maximum Gasteiger partial charge on any atom is 0.229 e. The van der Waals surface area contributed by atoms with Gasteiger partial charge in [0.05, 0.1) is 10.0 Å². The molecule has 0 unspecified atom stereocenters. The lowest BCUT2D eigenvalue weighted by Crippen LogP contribution is -2.12. The summed E-state index contributed by atoms with van der Waals surface area (Å²) in [6, 6.07) is 9.27. The minimum absolute atomic E-state index is 0.260. The molecule has 0 bridgehead atoms. The van der Waals surface area contributed by atoms with E-state index in [0.29, 0.717) is 17.2 Å². The van der Waals surface area contributed by atoms with Crippen LogP contribution in [0, 0.1) is 6.92 Å². The Balaban J connectivity index is 2.42. The molecule has 0 saturated carbocycles. The summed E-state index contributed by atoms with van der Waals surface area (Å²) in [6.45, 7) is 1.88. The van der Waals surface area contributed by atoms with Crippen molar-refractivity contribution in [3.05, 3.63) is 50.5 Å². The molecular formula is C13H10Br2N2OS. The summed E-state index contributed by atoms with van der Waals surface area (Å²) in [6.07, 6.45) is 0. The Morgan fingerprint density at radius 3 is 2.63 bits per heavy atom. The van der Waals surface area contributed by atoms with Crippen molar-refractivity contribution in [3.8, 4) is 11.6 Å². The molecule has 0 atom stereocenters. The van der Waals surface area contributed by atoms with Crippen molar-refractivity contribution >= 4 is 49.1 Å². The van der Waals surface area contributed by atoms with E-state index in [1.54, 1.807) is 0 Å². The van der Waals surface area contributed by atoms with Gasteiger partial charge in [-0.3, -0.25) is 0 Å². The van der Waals surface area contributed by atoms with Gasteiger partial charge in [0.25, 0.3) is 0 Å². The van der Waals surface area contributed by atoms with Crippen molar-refractivity contribution in [1.82, 2.24) is 4.98 Å². The van der Waals surface area contributed by atoms with Crippen LogP contribution in [-0.2, 0) is 0 Å². The fraction of sp³-hybridized carbons (Fsp3) is 0.0769. The van der Waals surface area contributed by atoms with Crippen molar-refractivity contribution in [2.24, 2.45) is 5.73 Å². The van der Waals surface area contributed by atoms with Crippen molar-refractivity contribution < 1.29 is 4.74 Å². The van der Waals surface area contributed by atoms with Crippen molar-refractivity contribution in [2.75, 3.05) is 0 Å². The Labute approximate surface area is 133 Å². The number of pyridine rings is 1. The molecule has 3 nitrogen and oxygen atoms in total. The molecule has 1 aromatic heterocycles. The number of aryl methyl sites for hydroxylation is 1. The second-order valence-electron chi connectivity index (χ2n) is 3.85. The fourth-order valence-corrected chi connectivity index (χ4v) is 2.74. The zero-order valence-corrected chi connectivity index (χ0v) is 14.0. The number of aromatic nitrogens is 1. The van der Waals surface area contributed by atoms with Crippen LogP contribution in [0.25, 0.3) is 0 Å². The summed E-state index contributed by atoms with van der Waals surface area (Å²) in [5, 5.41) is 0. The highest BCUT2D eigenvalue weighted by molar-refractivity contribution is 9.11. The van der Waals surface area contributed by atoms with Crippen LogP contribution in [0.3, 0.4) is 0 Å². The van der Waals surface area contributed by atoms with E-state index in [4.69, 9.17) is 22.7 Å². The van der Waals surface area contributed by atoms with E-state index in [0.717, 1.165) is 14.6 Å². The van der Waals surface area contributed by atoms with Gasteiger partial charge in [-0.25, -0.2) is 4.98 Å². The summed E-state index contributed by atoms with van der Waals surface area (Å²) in [4.78, 5) is 4.59. The predicted molar refractivity (Wildman–Crippen MR) is 86.8 cm³/mol. The molecule has 2 rings (SSSR count). The molecule has 0 amide bonds. The van der Waals surface area contributed by atoms with E-state index < -0.39 is 0 Å². The van der Waals surface area contributed by atoms with Crippen molar-refractivity contribution in [2.45, 2.75) is 6.92 Å². The van der Waals surface area contributed by atoms with E-state index in [-0.39, 0.29) is 4.99 Å². The Morgan fingerprint density at radius 2 is 2.00 bits per heavy atom. The molecule has 1 aromatic carbocycles. The quantitative estimate of drug-likeness (QED) is 0.777. The Kier molecular flexibility index (Phi) is 4.54. The van der Waals surface area contributed by atoms with Crippen LogP contribution in [-0.4, -0.2) is 9.97 Å². The van der Waals surface area contributed by atoms with Crippen LogP contribution < -0.4 is 10.5 Å². The van der Waals surface area contributed by atoms with Gasteiger partial charge in [0.15, 0.2) is 0 Å². The van der Waals surface area contributed by atoms with Gasteiger partial charge in [0, 0.05) is 10.2 Å².